The summed E-state index contributed by atoms with van der Waals surface area (Å²) in [6, 6.07) is 3.67. The number of carbonyl (C=O) groups excluding carboxylic acids is 1. The fourth-order valence-corrected chi connectivity index (χ4v) is 3.76. The third kappa shape index (κ3) is 3.73. The van der Waals surface area contributed by atoms with E-state index in [1.807, 2.05) is 32.9 Å². The number of rotatable bonds is 6. The normalized spacial score (nSPS) is 16.1. The number of hydrogen-bond donors (Lipinski definition) is 2. The lowest BCUT2D eigenvalue weighted by Crippen LogP contribution is -2.31. The van der Waals surface area contributed by atoms with Gasteiger partial charge in [-0.3, -0.25) is 14.6 Å². The Hall–Kier alpha value is -2.67. The van der Waals surface area contributed by atoms with Crippen LogP contribution in [0.3, 0.4) is 0 Å². The molecular formula is C20H22N4O2S. The molecule has 2 aromatic heterocycles. The van der Waals surface area contributed by atoms with Gasteiger partial charge in [0.25, 0.3) is 5.56 Å². The van der Waals surface area contributed by atoms with Crippen LogP contribution in [-0.2, 0) is 4.79 Å². The molecule has 0 saturated heterocycles. The van der Waals surface area contributed by atoms with Gasteiger partial charge in [-0.1, -0.05) is 31.7 Å². The molecule has 0 fully saturated rings. The van der Waals surface area contributed by atoms with Gasteiger partial charge in [-0.15, -0.1) is 6.58 Å². The summed E-state index contributed by atoms with van der Waals surface area (Å²) in [5, 5.41) is 3.70. The summed E-state index contributed by atoms with van der Waals surface area (Å²) in [4.78, 5) is 37.4. The molecule has 1 unspecified atom stereocenters. The predicted octanol–water partition coefficient (Wildman–Crippen LogP) is 3.50. The number of fused-ring (bicyclic) bond motifs is 1. The lowest BCUT2D eigenvalue weighted by molar-refractivity contribution is -0.118. The Morgan fingerprint density at radius 3 is 2.70 bits per heavy atom. The van der Waals surface area contributed by atoms with Crippen LogP contribution in [0.2, 0.25) is 0 Å². The summed E-state index contributed by atoms with van der Waals surface area (Å²) in [5.41, 5.74) is 2.37. The van der Waals surface area contributed by atoms with E-state index >= 15 is 0 Å². The van der Waals surface area contributed by atoms with Crippen molar-refractivity contribution >= 4 is 23.4 Å². The SMILES string of the molecule is C=CCSc1nc2c(c(=O)[nH]1)C(c1ccncc1)C(C(=O)C(C)C)=C(C)N2. The molecule has 3 rings (SSSR count). The van der Waals surface area contributed by atoms with Crippen molar-refractivity contribution in [2.24, 2.45) is 5.92 Å². The molecule has 0 saturated carbocycles. The maximum atomic E-state index is 13.0. The van der Waals surface area contributed by atoms with Crippen LogP contribution in [0, 0.1) is 5.92 Å². The molecule has 0 aromatic carbocycles. The Labute approximate surface area is 162 Å². The predicted molar refractivity (Wildman–Crippen MR) is 108 cm³/mol. The van der Waals surface area contributed by atoms with E-state index in [1.165, 1.54) is 11.8 Å². The zero-order valence-electron chi connectivity index (χ0n) is 15.6. The van der Waals surface area contributed by atoms with E-state index in [2.05, 4.69) is 26.8 Å². The zero-order chi connectivity index (χ0) is 19.6. The summed E-state index contributed by atoms with van der Waals surface area (Å²) >= 11 is 1.40. The number of allylic oxidation sites excluding steroid dienone is 2. The minimum Gasteiger partial charge on any atom is -0.343 e. The highest BCUT2D eigenvalue weighted by atomic mass is 32.2. The van der Waals surface area contributed by atoms with Crippen molar-refractivity contribution in [1.82, 2.24) is 15.0 Å². The van der Waals surface area contributed by atoms with E-state index in [4.69, 9.17) is 0 Å². The highest BCUT2D eigenvalue weighted by Crippen LogP contribution is 2.40. The van der Waals surface area contributed by atoms with Crippen molar-refractivity contribution in [2.75, 3.05) is 11.1 Å². The summed E-state index contributed by atoms with van der Waals surface area (Å²) in [6.45, 7) is 9.26. The standard InChI is InChI=1S/C20H22N4O2S/c1-5-10-27-20-23-18-16(19(26)24-20)15(13-6-8-21-9-7-13)14(12(4)22-18)17(25)11(2)3/h5-9,11,15H,1,10H2,2-4H3,(H2,22,23,24,26). The van der Waals surface area contributed by atoms with Crippen molar-refractivity contribution in [3.8, 4) is 0 Å². The first kappa shape index (κ1) is 19.1. The van der Waals surface area contributed by atoms with Crippen LogP contribution in [0.25, 0.3) is 0 Å². The van der Waals surface area contributed by atoms with Crippen LogP contribution in [0.1, 0.15) is 37.8 Å². The Kier molecular flexibility index (Phi) is 5.60. The van der Waals surface area contributed by atoms with Gasteiger partial charge in [0, 0.05) is 41.3 Å². The highest BCUT2D eigenvalue weighted by molar-refractivity contribution is 7.99. The first-order chi connectivity index (χ1) is 12.9. The average molecular weight is 382 g/mol. The van der Waals surface area contributed by atoms with E-state index in [1.54, 1.807) is 18.5 Å². The van der Waals surface area contributed by atoms with Gasteiger partial charge >= 0.3 is 0 Å². The third-order valence-corrected chi connectivity index (χ3v) is 5.26. The van der Waals surface area contributed by atoms with Crippen LogP contribution in [0.15, 0.2) is 58.4 Å². The summed E-state index contributed by atoms with van der Waals surface area (Å²) in [5.74, 6) is 0.481. The number of anilines is 1. The first-order valence-corrected chi connectivity index (χ1v) is 9.72. The number of thioether (sulfide) groups is 1. The Morgan fingerprint density at radius 1 is 1.37 bits per heavy atom. The molecule has 6 nitrogen and oxygen atoms in total. The van der Waals surface area contributed by atoms with Gasteiger partial charge in [0.05, 0.1) is 5.56 Å². The van der Waals surface area contributed by atoms with Crippen LogP contribution in [0.4, 0.5) is 5.82 Å². The van der Waals surface area contributed by atoms with E-state index in [0.29, 0.717) is 27.9 Å². The molecule has 1 aliphatic rings. The van der Waals surface area contributed by atoms with Crippen molar-refractivity contribution in [2.45, 2.75) is 31.8 Å². The maximum Gasteiger partial charge on any atom is 0.257 e. The molecule has 3 heterocycles. The van der Waals surface area contributed by atoms with Gasteiger partial charge in [-0.25, -0.2) is 4.98 Å². The smallest absolute Gasteiger partial charge is 0.257 e. The summed E-state index contributed by atoms with van der Waals surface area (Å²) < 4.78 is 0. The number of pyridine rings is 1. The van der Waals surface area contributed by atoms with Gasteiger partial charge in [0.1, 0.15) is 5.82 Å². The molecule has 7 heteroatoms. The molecule has 2 aromatic rings. The average Bonchev–Trinajstić information content (AvgIpc) is 2.65. The number of ketones is 1. The molecule has 0 amide bonds. The monoisotopic (exact) mass is 382 g/mol. The highest BCUT2D eigenvalue weighted by Gasteiger charge is 2.36. The number of hydrogen-bond acceptors (Lipinski definition) is 6. The molecule has 27 heavy (non-hydrogen) atoms. The Bertz CT molecular complexity index is 964. The van der Waals surface area contributed by atoms with Crippen LogP contribution < -0.4 is 10.9 Å². The number of aromatic nitrogens is 3. The van der Waals surface area contributed by atoms with E-state index in [0.717, 1.165) is 11.3 Å². The molecule has 0 aliphatic carbocycles. The summed E-state index contributed by atoms with van der Waals surface area (Å²) in [7, 11) is 0. The van der Waals surface area contributed by atoms with E-state index < -0.39 is 5.92 Å². The number of nitrogens with one attached hydrogen (secondary N) is 2. The quantitative estimate of drug-likeness (QED) is 0.452. The lowest BCUT2D eigenvalue weighted by Gasteiger charge is -2.30. The lowest BCUT2D eigenvalue weighted by atomic mass is 9.79. The van der Waals surface area contributed by atoms with Crippen LogP contribution in [-0.4, -0.2) is 26.5 Å². The van der Waals surface area contributed by atoms with Crippen molar-refractivity contribution < 1.29 is 4.79 Å². The molecule has 1 atom stereocenters. The van der Waals surface area contributed by atoms with Gasteiger partial charge in [0.2, 0.25) is 0 Å². The molecule has 0 spiro atoms. The Balaban J connectivity index is 2.21. The van der Waals surface area contributed by atoms with Crippen molar-refractivity contribution in [1.29, 1.82) is 0 Å². The van der Waals surface area contributed by atoms with Crippen molar-refractivity contribution in [3.05, 3.63) is 69.9 Å². The third-order valence-electron chi connectivity index (χ3n) is 4.39. The van der Waals surface area contributed by atoms with Crippen molar-refractivity contribution in [3.63, 3.8) is 0 Å². The molecule has 2 N–H and O–H groups in total. The minimum absolute atomic E-state index is 0.0111. The largest absolute Gasteiger partial charge is 0.343 e. The van der Waals surface area contributed by atoms with E-state index in [-0.39, 0.29) is 17.3 Å². The maximum absolute atomic E-state index is 13.0. The van der Waals surface area contributed by atoms with Crippen LogP contribution in [0.5, 0.6) is 0 Å². The van der Waals surface area contributed by atoms with Gasteiger partial charge in [-0.2, -0.15) is 0 Å². The molecule has 1 aliphatic heterocycles. The second-order valence-corrected chi connectivity index (χ2v) is 7.64. The number of nitrogens with zero attached hydrogens (tertiary/aromatic N) is 2. The molecule has 140 valence electrons. The van der Waals surface area contributed by atoms with Crippen LogP contribution >= 0.6 is 11.8 Å². The second-order valence-electron chi connectivity index (χ2n) is 6.63. The first-order valence-electron chi connectivity index (χ1n) is 8.73. The number of carbonyl (C=O) groups is 1. The summed E-state index contributed by atoms with van der Waals surface area (Å²) in [6.07, 6.45) is 5.08. The topological polar surface area (TPSA) is 87.7 Å². The van der Waals surface area contributed by atoms with E-state index in [9.17, 15) is 9.59 Å². The number of H-pyrrole nitrogens is 1. The fourth-order valence-electron chi connectivity index (χ4n) is 3.16. The fraction of sp³-hybridized carbons (Fsp3) is 0.300. The zero-order valence-corrected chi connectivity index (χ0v) is 16.4. The minimum atomic E-state index is -0.478. The number of Topliss-reactive ketones (excluding diaryl/α,β-unsaturated/α-hetero) is 1. The number of aromatic amines is 1. The Morgan fingerprint density at radius 2 is 2.07 bits per heavy atom. The van der Waals surface area contributed by atoms with Gasteiger partial charge in [0.15, 0.2) is 10.9 Å². The molecular weight excluding hydrogens is 360 g/mol. The molecule has 0 radical (unpaired) electrons. The second kappa shape index (κ2) is 7.92. The van der Waals surface area contributed by atoms with Gasteiger partial charge < -0.3 is 10.3 Å². The van der Waals surface area contributed by atoms with Gasteiger partial charge in [-0.05, 0) is 24.6 Å². The molecule has 0 bridgehead atoms.